The fraction of sp³-hybridized carbons (Fsp3) is 0.400. The van der Waals surface area contributed by atoms with Crippen molar-refractivity contribution in [3.63, 3.8) is 0 Å². The van der Waals surface area contributed by atoms with Crippen LogP contribution in [0.1, 0.15) is 5.56 Å². The van der Waals surface area contributed by atoms with E-state index in [1.54, 1.807) is 6.08 Å². The predicted molar refractivity (Wildman–Crippen MR) is 83.3 cm³/mol. The Kier molecular flexibility index (Phi) is 5.76. The van der Waals surface area contributed by atoms with Crippen molar-refractivity contribution in [2.24, 2.45) is 0 Å². The van der Waals surface area contributed by atoms with Gasteiger partial charge in [0, 0.05) is 43.3 Å². The molecule has 0 unspecified atom stereocenters. The molecule has 20 heavy (non-hydrogen) atoms. The van der Waals surface area contributed by atoms with Gasteiger partial charge in [-0.05, 0) is 23.8 Å². The first-order valence-corrected chi connectivity index (χ1v) is 7.54. The number of hydrogen-bond acceptors (Lipinski definition) is 3. The van der Waals surface area contributed by atoms with E-state index in [0.29, 0.717) is 6.54 Å². The molecule has 2 rings (SSSR count). The number of aliphatic hydroxyl groups is 1. The molecule has 1 fully saturated rings. The third kappa shape index (κ3) is 4.44. The number of β-amino-alcohol motifs (C(OH)–C–C–N with tert-alkyl or cyclic N) is 1. The van der Waals surface area contributed by atoms with Crippen molar-refractivity contribution in [3.8, 4) is 0 Å². The lowest BCUT2D eigenvalue weighted by molar-refractivity contribution is -0.127. The van der Waals surface area contributed by atoms with Gasteiger partial charge < -0.3 is 10.0 Å². The molecule has 0 saturated carbocycles. The van der Waals surface area contributed by atoms with Crippen LogP contribution in [0.4, 0.5) is 0 Å². The van der Waals surface area contributed by atoms with E-state index < -0.39 is 0 Å². The highest BCUT2D eigenvalue weighted by Crippen LogP contribution is 2.12. The molecule has 1 N–H and O–H groups in total. The molecule has 1 aromatic carbocycles. The van der Waals surface area contributed by atoms with Gasteiger partial charge in [0.1, 0.15) is 0 Å². The molecule has 0 aliphatic carbocycles. The molecule has 1 aliphatic rings. The molecule has 0 bridgehead atoms. The lowest BCUT2D eigenvalue weighted by atomic mass is 10.2. The lowest BCUT2D eigenvalue weighted by Gasteiger charge is -2.33. The molecule has 1 amide bonds. The van der Waals surface area contributed by atoms with Crippen LogP contribution < -0.4 is 0 Å². The highest BCUT2D eigenvalue weighted by Gasteiger charge is 2.18. The van der Waals surface area contributed by atoms with Crippen LogP contribution in [0, 0.1) is 0 Å². The molecule has 0 radical (unpaired) electrons. The summed E-state index contributed by atoms with van der Waals surface area (Å²) < 4.78 is 1.03. The van der Waals surface area contributed by atoms with E-state index in [0.717, 1.165) is 36.2 Å². The summed E-state index contributed by atoms with van der Waals surface area (Å²) >= 11 is 3.38. The highest BCUT2D eigenvalue weighted by molar-refractivity contribution is 9.10. The normalized spacial score (nSPS) is 16.8. The fourth-order valence-electron chi connectivity index (χ4n) is 2.18. The molecule has 1 aromatic rings. The Bertz CT molecular complexity index is 465. The number of nitrogens with zero attached hydrogens (tertiary/aromatic N) is 2. The van der Waals surface area contributed by atoms with Crippen LogP contribution in [0.3, 0.4) is 0 Å². The number of hydrogen-bond donors (Lipinski definition) is 1. The first-order valence-electron chi connectivity index (χ1n) is 6.75. The number of halogens is 1. The van der Waals surface area contributed by atoms with Crippen molar-refractivity contribution < 1.29 is 9.90 Å². The lowest BCUT2D eigenvalue weighted by Crippen LogP contribution is -2.48. The van der Waals surface area contributed by atoms with E-state index in [4.69, 9.17) is 5.11 Å². The third-order valence-electron chi connectivity index (χ3n) is 3.39. The predicted octanol–water partition coefficient (Wildman–Crippen LogP) is 1.60. The monoisotopic (exact) mass is 338 g/mol. The van der Waals surface area contributed by atoms with Gasteiger partial charge >= 0.3 is 0 Å². The molecule has 5 heteroatoms. The number of piperazine rings is 1. The third-order valence-corrected chi connectivity index (χ3v) is 3.92. The minimum Gasteiger partial charge on any atom is -0.395 e. The highest BCUT2D eigenvalue weighted by atomic mass is 79.9. The average Bonchev–Trinajstić information content (AvgIpc) is 2.47. The maximum Gasteiger partial charge on any atom is 0.246 e. The summed E-state index contributed by atoms with van der Waals surface area (Å²) in [5, 5.41) is 8.89. The van der Waals surface area contributed by atoms with Gasteiger partial charge in [-0.25, -0.2) is 0 Å². The summed E-state index contributed by atoms with van der Waals surface area (Å²) in [6.07, 6.45) is 3.47. The molecule has 0 atom stereocenters. The molecule has 4 nitrogen and oxygen atoms in total. The Morgan fingerprint density at radius 1 is 1.20 bits per heavy atom. The Labute approximate surface area is 127 Å². The Morgan fingerprint density at radius 3 is 2.45 bits per heavy atom. The number of benzene rings is 1. The van der Waals surface area contributed by atoms with Gasteiger partial charge in [-0.2, -0.15) is 0 Å². The van der Waals surface area contributed by atoms with E-state index >= 15 is 0 Å². The van der Waals surface area contributed by atoms with Crippen LogP contribution in [0.5, 0.6) is 0 Å². The zero-order chi connectivity index (χ0) is 14.4. The van der Waals surface area contributed by atoms with Crippen molar-refractivity contribution in [1.29, 1.82) is 0 Å². The van der Waals surface area contributed by atoms with E-state index in [1.807, 2.05) is 35.2 Å². The topological polar surface area (TPSA) is 43.8 Å². The van der Waals surface area contributed by atoms with Gasteiger partial charge in [-0.3, -0.25) is 9.69 Å². The van der Waals surface area contributed by atoms with Crippen LogP contribution in [-0.4, -0.2) is 60.1 Å². The summed E-state index contributed by atoms with van der Waals surface area (Å²) in [6, 6.07) is 7.84. The Morgan fingerprint density at radius 2 is 1.85 bits per heavy atom. The second kappa shape index (κ2) is 7.57. The van der Waals surface area contributed by atoms with Crippen LogP contribution in [0.25, 0.3) is 6.08 Å². The minimum atomic E-state index is 0.0524. The van der Waals surface area contributed by atoms with Crippen LogP contribution in [-0.2, 0) is 4.79 Å². The molecule has 0 aromatic heterocycles. The molecule has 0 spiro atoms. The molecule has 108 valence electrons. The van der Waals surface area contributed by atoms with Gasteiger partial charge in [0.05, 0.1) is 6.61 Å². The van der Waals surface area contributed by atoms with Crippen molar-refractivity contribution in [3.05, 3.63) is 40.4 Å². The number of carbonyl (C=O) groups excluding carboxylic acids is 1. The second-order valence-electron chi connectivity index (χ2n) is 4.78. The molecular formula is C15H19BrN2O2. The van der Waals surface area contributed by atoms with Crippen LogP contribution in [0.2, 0.25) is 0 Å². The fourth-order valence-corrected chi connectivity index (χ4v) is 2.44. The number of carbonyl (C=O) groups is 1. The Balaban J connectivity index is 1.85. The number of aliphatic hydroxyl groups excluding tert-OH is 1. The van der Waals surface area contributed by atoms with Gasteiger partial charge in [0.15, 0.2) is 0 Å². The summed E-state index contributed by atoms with van der Waals surface area (Å²) in [6.45, 7) is 3.98. The Hall–Kier alpha value is -1.17. The van der Waals surface area contributed by atoms with Crippen LogP contribution in [0.15, 0.2) is 34.8 Å². The largest absolute Gasteiger partial charge is 0.395 e. The average molecular weight is 339 g/mol. The van der Waals surface area contributed by atoms with Gasteiger partial charge in [0.25, 0.3) is 0 Å². The minimum absolute atomic E-state index is 0.0524. The van der Waals surface area contributed by atoms with Crippen molar-refractivity contribution in [1.82, 2.24) is 9.80 Å². The second-order valence-corrected chi connectivity index (χ2v) is 5.69. The van der Waals surface area contributed by atoms with E-state index in [1.165, 1.54) is 0 Å². The van der Waals surface area contributed by atoms with Gasteiger partial charge in [-0.15, -0.1) is 0 Å². The van der Waals surface area contributed by atoms with Crippen molar-refractivity contribution in [2.75, 3.05) is 39.3 Å². The SMILES string of the molecule is O=C(/C=C/c1ccc(Br)cc1)N1CCN(CCO)CC1. The van der Waals surface area contributed by atoms with E-state index in [9.17, 15) is 4.79 Å². The summed E-state index contributed by atoms with van der Waals surface area (Å²) in [4.78, 5) is 16.1. The molecule has 1 aliphatic heterocycles. The zero-order valence-corrected chi connectivity index (χ0v) is 12.9. The summed E-state index contributed by atoms with van der Waals surface area (Å²) in [5.74, 6) is 0.0524. The van der Waals surface area contributed by atoms with Gasteiger partial charge in [0.2, 0.25) is 5.91 Å². The maximum absolute atomic E-state index is 12.1. The zero-order valence-electron chi connectivity index (χ0n) is 11.3. The van der Waals surface area contributed by atoms with E-state index in [2.05, 4.69) is 20.8 Å². The number of rotatable bonds is 4. The molecule has 1 saturated heterocycles. The quantitative estimate of drug-likeness (QED) is 0.848. The number of amides is 1. The maximum atomic E-state index is 12.1. The standard InChI is InChI=1S/C15H19BrN2O2/c16-14-4-1-13(2-5-14)3-6-15(20)18-9-7-17(8-10-18)11-12-19/h1-6,19H,7-12H2/b6-3+. The van der Waals surface area contributed by atoms with Crippen molar-refractivity contribution >= 4 is 27.9 Å². The van der Waals surface area contributed by atoms with Gasteiger partial charge in [-0.1, -0.05) is 28.1 Å². The molecular weight excluding hydrogens is 320 g/mol. The van der Waals surface area contributed by atoms with Crippen molar-refractivity contribution in [2.45, 2.75) is 0 Å². The summed E-state index contributed by atoms with van der Waals surface area (Å²) in [5.41, 5.74) is 1.01. The smallest absolute Gasteiger partial charge is 0.246 e. The first-order chi connectivity index (χ1) is 9.69. The summed E-state index contributed by atoms with van der Waals surface area (Å²) in [7, 11) is 0. The molecule has 1 heterocycles. The first kappa shape index (κ1) is 15.2. The van der Waals surface area contributed by atoms with E-state index in [-0.39, 0.29) is 12.5 Å². The van der Waals surface area contributed by atoms with Crippen LogP contribution >= 0.6 is 15.9 Å².